The highest BCUT2D eigenvalue weighted by Gasteiger charge is 2.22. The molecule has 1 aliphatic rings. The van der Waals surface area contributed by atoms with Crippen LogP contribution in [0.3, 0.4) is 0 Å². The number of hydrogen-bond donors (Lipinski definition) is 1. The van der Waals surface area contributed by atoms with Crippen molar-refractivity contribution in [2.24, 2.45) is 5.14 Å². The van der Waals surface area contributed by atoms with Gasteiger partial charge in [0, 0.05) is 11.0 Å². The zero-order chi connectivity index (χ0) is 13.3. The molecule has 1 fully saturated rings. The lowest BCUT2D eigenvalue weighted by Gasteiger charge is -2.27. The smallest absolute Gasteiger partial charge is 0.253 e. The number of primary sulfonamides is 1. The van der Waals surface area contributed by atoms with Gasteiger partial charge in [-0.25, -0.2) is 13.6 Å². The Bertz CT molecular complexity index is 588. The Labute approximate surface area is 113 Å². The highest BCUT2D eigenvalue weighted by atomic mass is 79.9. The van der Waals surface area contributed by atoms with Crippen LogP contribution in [0, 0.1) is 0 Å². The van der Waals surface area contributed by atoms with Gasteiger partial charge in [0.15, 0.2) is 0 Å². The Morgan fingerprint density at radius 3 is 2.67 bits per heavy atom. The molecule has 98 valence electrons. The first kappa shape index (κ1) is 13.5. The van der Waals surface area contributed by atoms with Gasteiger partial charge in [-0.05, 0) is 34.1 Å². The second kappa shape index (κ2) is 4.96. The summed E-state index contributed by atoms with van der Waals surface area (Å²) in [6.07, 6.45) is 0. The minimum absolute atomic E-state index is 0.00108. The molecule has 2 N–H and O–H groups in total. The molecule has 1 saturated heterocycles. The number of nitrogens with two attached hydrogens (primary N) is 1. The van der Waals surface area contributed by atoms with Crippen LogP contribution in [0.25, 0.3) is 0 Å². The lowest BCUT2D eigenvalue weighted by molar-refractivity contribution is -0.125. The first-order chi connectivity index (χ1) is 8.39. The van der Waals surface area contributed by atoms with Gasteiger partial charge in [-0.1, -0.05) is 0 Å². The Kier molecular flexibility index (Phi) is 3.71. The number of morpholine rings is 1. The minimum atomic E-state index is -3.74. The number of rotatable bonds is 2. The summed E-state index contributed by atoms with van der Waals surface area (Å²) in [6.45, 7) is 0.921. The van der Waals surface area contributed by atoms with Gasteiger partial charge in [0.1, 0.15) is 6.61 Å². The maximum absolute atomic E-state index is 11.7. The van der Waals surface area contributed by atoms with Crippen LogP contribution in [-0.2, 0) is 19.6 Å². The largest absolute Gasteiger partial charge is 0.370 e. The Hall–Kier alpha value is -0.960. The summed E-state index contributed by atoms with van der Waals surface area (Å²) in [5, 5.41) is 5.03. The third kappa shape index (κ3) is 2.72. The fraction of sp³-hybridized carbons (Fsp3) is 0.300. The van der Waals surface area contributed by atoms with Crippen molar-refractivity contribution in [3.63, 3.8) is 0 Å². The second-order valence-electron chi connectivity index (χ2n) is 3.76. The van der Waals surface area contributed by atoms with E-state index in [1.54, 1.807) is 11.0 Å². The molecule has 0 spiro atoms. The molecule has 1 aromatic carbocycles. The van der Waals surface area contributed by atoms with Gasteiger partial charge in [0.25, 0.3) is 5.91 Å². The van der Waals surface area contributed by atoms with Crippen molar-refractivity contribution in [3.8, 4) is 0 Å². The average Bonchev–Trinajstić information content (AvgIpc) is 2.29. The normalized spacial score (nSPS) is 17.0. The van der Waals surface area contributed by atoms with Crippen molar-refractivity contribution < 1.29 is 17.9 Å². The van der Waals surface area contributed by atoms with E-state index >= 15 is 0 Å². The van der Waals surface area contributed by atoms with E-state index < -0.39 is 10.0 Å². The van der Waals surface area contributed by atoms with Crippen molar-refractivity contribution in [3.05, 3.63) is 22.7 Å². The minimum Gasteiger partial charge on any atom is -0.370 e. The fourth-order valence-corrected chi connectivity index (χ4v) is 2.94. The summed E-state index contributed by atoms with van der Waals surface area (Å²) in [5.74, 6) is -0.162. The third-order valence-corrected chi connectivity index (χ3v) is 4.07. The van der Waals surface area contributed by atoms with Crippen LogP contribution < -0.4 is 10.0 Å². The number of hydrogen-bond acceptors (Lipinski definition) is 4. The van der Waals surface area contributed by atoms with Crippen molar-refractivity contribution in [2.75, 3.05) is 24.7 Å². The maximum Gasteiger partial charge on any atom is 0.253 e. The molecule has 1 aromatic rings. The van der Waals surface area contributed by atoms with E-state index in [9.17, 15) is 13.2 Å². The van der Waals surface area contributed by atoms with Gasteiger partial charge >= 0.3 is 0 Å². The van der Waals surface area contributed by atoms with Gasteiger partial charge in [-0.2, -0.15) is 0 Å². The number of sulfonamides is 1. The molecule has 1 aliphatic heterocycles. The fourth-order valence-electron chi connectivity index (χ4n) is 1.66. The van der Waals surface area contributed by atoms with Crippen LogP contribution in [0.2, 0.25) is 0 Å². The summed E-state index contributed by atoms with van der Waals surface area (Å²) in [4.78, 5) is 13.2. The highest BCUT2D eigenvalue weighted by molar-refractivity contribution is 9.10. The molecule has 6 nitrogen and oxygen atoms in total. The number of amides is 1. The molecule has 18 heavy (non-hydrogen) atoms. The van der Waals surface area contributed by atoms with Gasteiger partial charge in [0.2, 0.25) is 10.0 Å². The molecule has 0 radical (unpaired) electrons. The SMILES string of the molecule is NS(=O)(=O)c1ccc(N2CCOCC2=O)c(Br)c1. The molecule has 0 bridgehead atoms. The number of nitrogens with zero attached hydrogens (tertiary/aromatic N) is 1. The standard InChI is InChI=1S/C10H11BrN2O4S/c11-8-5-7(18(12,15)16)1-2-9(8)13-3-4-17-6-10(13)14/h1-2,5H,3-4,6H2,(H2,12,15,16). The van der Waals surface area contributed by atoms with Crippen molar-refractivity contribution in [2.45, 2.75) is 4.90 Å². The van der Waals surface area contributed by atoms with Gasteiger partial charge in [-0.3, -0.25) is 4.79 Å². The number of halogens is 1. The number of anilines is 1. The summed E-state index contributed by atoms with van der Waals surface area (Å²) in [5.41, 5.74) is 0.607. The molecule has 0 aromatic heterocycles. The predicted molar refractivity (Wildman–Crippen MR) is 68.7 cm³/mol. The lowest BCUT2D eigenvalue weighted by Crippen LogP contribution is -2.41. The molecule has 1 amide bonds. The molecule has 2 rings (SSSR count). The zero-order valence-corrected chi connectivity index (χ0v) is 11.7. The first-order valence-corrected chi connectivity index (χ1v) is 7.44. The summed E-state index contributed by atoms with van der Waals surface area (Å²) in [7, 11) is -3.74. The third-order valence-electron chi connectivity index (χ3n) is 2.52. The van der Waals surface area contributed by atoms with E-state index in [0.717, 1.165) is 0 Å². The zero-order valence-electron chi connectivity index (χ0n) is 9.30. The van der Waals surface area contributed by atoms with Gasteiger partial charge < -0.3 is 9.64 Å². The number of carbonyl (C=O) groups excluding carboxylic acids is 1. The van der Waals surface area contributed by atoms with E-state index in [1.807, 2.05) is 0 Å². The van der Waals surface area contributed by atoms with Crippen LogP contribution in [0.1, 0.15) is 0 Å². The maximum atomic E-state index is 11.7. The Morgan fingerprint density at radius 2 is 2.11 bits per heavy atom. The lowest BCUT2D eigenvalue weighted by atomic mass is 10.2. The van der Waals surface area contributed by atoms with Crippen molar-refractivity contribution in [1.82, 2.24) is 0 Å². The number of carbonyl (C=O) groups is 1. The van der Waals surface area contributed by atoms with Crippen LogP contribution in [0.15, 0.2) is 27.6 Å². The molecule has 0 saturated carbocycles. The van der Waals surface area contributed by atoms with E-state index in [0.29, 0.717) is 23.3 Å². The molecule has 0 aliphatic carbocycles. The molecular formula is C10H11BrN2O4S. The van der Waals surface area contributed by atoms with Gasteiger partial charge in [0.05, 0.1) is 17.2 Å². The van der Waals surface area contributed by atoms with E-state index in [-0.39, 0.29) is 17.4 Å². The highest BCUT2D eigenvalue weighted by Crippen LogP contribution is 2.29. The quantitative estimate of drug-likeness (QED) is 0.850. The summed E-state index contributed by atoms with van der Waals surface area (Å²) in [6, 6.07) is 4.30. The van der Waals surface area contributed by atoms with Crippen molar-refractivity contribution >= 4 is 37.5 Å². The van der Waals surface area contributed by atoms with E-state index in [2.05, 4.69) is 15.9 Å². The van der Waals surface area contributed by atoms with E-state index in [4.69, 9.17) is 9.88 Å². The van der Waals surface area contributed by atoms with Crippen LogP contribution in [-0.4, -0.2) is 34.1 Å². The molecule has 1 heterocycles. The summed E-state index contributed by atoms with van der Waals surface area (Å²) >= 11 is 3.25. The second-order valence-corrected chi connectivity index (χ2v) is 6.17. The Morgan fingerprint density at radius 1 is 1.39 bits per heavy atom. The number of benzene rings is 1. The monoisotopic (exact) mass is 334 g/mol. The van der Waals surface area contributed by atoms with Crippen LogP contribution in [0.5, 0.6) is 0 Å². The first-order valence-electron chi connectivity index (χ1n) is 5.10. The van der Waals surface area contributed by atoms with Crippen LogP contribution >= 0.6 is 15.9 Å². The molecular weight excluding hydrogens is 324 g/mol. The van der Waals surface area contributed by atoms with Crippen molar-refractivity contribution in [1.29, 1.82) is 0 Å². The van der Waals surface area contributed by atoms with Crippen LogP contribution in [0.4, 0.5) is 5.69 Å². The number of ether oxygens (including phenoxy) is 1. The summed E-state index contributed by atoms with van der Waals surface area (Å²) < 4.78 is 27.9. The molecule has 0 unspecified atom stereocenters. The Balaban J connectivity index is 2.38. The average molecular weight is 335 g/mol. The topological polar surface area (TPSA) is 89.7 Å². The molecule has 0 atom stereocenters. The predicted octanol–water partition coefficient (Wildman–Crippen LogP) is 0.460. The molecule has 8 heteroatoms. The van der Waals surface area contributed by atoms with Gasteiger partial charge in [-0.15, -0.1) is 0 Å². The van der Waals surface area contributed by atoms with E-state index in [1.165, 1.54) is 12.1 Å².